The summed E-state index contributed by atoms with van der Waals surface area (Å²) < 4.78 is 11.3. The van der Waals surface area contributed by atoms with Crippen LogP contribution in [0.5, 0.6) is 5.75 Å². The van der Waals surface area contributed by atoms with Crippen LogP contribution in [0.1, 0.15) is 31.1 Å². The Hall–Kier alpha value is -1.60. The molecule has 0 fully saturated rings. The lowest BCUT2D eigenvalue weighted by Gasteiger charge is -2.32. The highest BCUT2D eigenvalue weighted by Gasteiger charge is 2.38. The van der Waals surface area contributed by atoms with Crippen LogP contribution in [0.2, 0.25) is 0 Å². The third-order valence-electron chi connectivity index (χ3n) is 2.96. The van der Waals surface area contributed by atoms with Crippen molar-refractivity contribution in [2.45, 2.75) is 25.9 Å². The molecule has 98 valence electrons. The summed E-state index contributed by atoms with van der Waals surface area (Å²) in [4.78, 5) is 12.1. The van der Waals surface area contributed by atoms with E-state index in [1.54, 1.807) is 0 Å². The van der Waals surface area contributed by atoms with Crippen molar-refractivity contribution in [1.29, 1.82) is 0 Å². The standard InChI is InChI=1S/C15H15O3P/c1-15(2,3)19-17-13-9-11-7-5-4-6-10(11)8-12(13)14(16)18-19/h4-9H,1-3H3. The largest absolute Gasteiger partial charge is 0.437 e. The fraction of sp³-hybridized carbons (Fsp3) is 0.267. The average molecular weight is 274 g/mol. The van der Waals surface area contributed by atoms with Gasteiger partial charge in [-0.3, -0.25) is 0 Å². The Kier molecular flexibility index (Phi) is 2.75. The molecule has 0 spiro atoms. The van der Waals surface area contributed by atoms with Crippen LogP contribution in [0.25, 0.3) is 10.8 Å². The minimum Gasteiger partial charge on any atom is -0.437 e. The van der Waals surface area contributed by atoms with E-state index in [4.69, 9.17) is 9.05 Å². The first-order valence-electron chi connectivity index (χ1n) is 6.18. The van der Waals surface area contributed by atoms with Gasteiger partial charge in [0.25, 0.3) is 8.38 Å². The van der Waals surface area contributed by atoms with Gasteiger partial charge in [0.15, 0.2) is 0 Å². The third kappa shape index (κ3) is 2.19. The number of benzene rings is 2. The molecular formula is C15H15O3P. The molecule has 4 heteroatoms. The summed E-state index contributed by atoms with van der Waals surface area (Å²) in [6.07, 6.45) is 0. The zero-order valence-corrected chi connectivity index (χ0v) is 12.0. The minimum absolute atomic E-state index is 0.186. The van der Waals surface area contributed by atoms with E-state index < -0.39 is 8.38 Å². The molecule has 2 aromatic carbocycles. The van der Waals surface area contributed by atoms with Crippen molar-refractivity contribution in [3.8, 4) is 5.75 Å². The predicted molar refractivity (Wildman–Crippen MR) is 76.7 cm³/mol. The lowest BCUT2D eigenvalue weighted by Crippen LogP contribution is -2.23. The Morgan fingerprint density at radius 2 is 1.63 bits per heavy atom. The third-order valence-corrected chi connectivity index (χ3v) is 4.75. The molecule has 1 heterocycles. The second kappa shape index (κ2) is 4.21. The fourth-order valence-electron chi connectivity index (χ4n) is 1.96. The van der Waals surface area contributed by atoms with Crippen molar-refractivity contribution in [2.75, 3.05) is 0 Å². The highest BCUT2D eigenvalue weighted by Crippen LogP contribution is 2.55. The van der Waals surface area contributed by atoms with E-state index in [0.29, 0.717) is 11.3 Å². The molecule has 0 bridgehead atoms. The van der Waals surface area contributed by atoms with Crippen molar-refractivity contribution in [3.05, 3.63) is 42.0 Å². The van der Waals surface area contributed by atoms with Crippen LogP contribution in [-0.2, 0) is 4.52 Å². The van der Waals surface area contributed by atoms with E-state index in [0.717, 1.165) is 10.8 Å². The van der Waals surface area contributed by atoms with Crippen LogP contribution >= 0.6 is 8.38 Å². The minimum atomic E-state index is -1.24. The number of hydrogen-bond acceptors (Lipinski definition) is 3. The van der Waals surface area contributed by atoms with Crippen LogP contribution in [-0.4, -0.2) is 11.1 Å². The summed E-state index contributed by atoms with van der Waals surface area (Å²) >= 11 is 0. The smallest absolute Gasteiger partial charge is 0.347 e. The number of hydrogen-bond donors (Lipinski definition) is 0. The molecule has 0 amide bonds. The second-order valence-electron chi connectivity index (χ2n) is 5.59. The van der Waals surface area contributed by atoms with Crippen LogP contribution < -0.4 is 4.52 Å². The molecule has 0 saturated carbocycles. The number of carbonyl (C=O) groups is 1. The predicted octanol–water partition coefficient (Wildman–Crippen LogP) is 4.50. The Labute approximate surface area is 113 Å². The molecule has 0 aromatic heterocycles. The number of rotatable bonds is 0. The number of carbonyl (C=O) groups excluding carboxylic acids is 1. The Balaban J connectivity index is 2.12. The van der Waals surface area contributed by atoms with E-state index >= 15 is 0 Å². The molecule has 1 aliphatic rings. The highest BCUT2D eigenvalue weighted by molar-refractivity contribution is 7.50. The molecule has 1 aliphatic heterocycles. The molecule has 0 saturated heterocycles. The van der Waals surface area contributed by atoms with Gasteiger partial charge in [0, 0.05) is 0 Å². The Bertz CT molecular complexity index is 658. The molecule has 1 atom stereocenters. The zero-order valence-electron chi connectivity index (χ0n) is 11.1. The van der Waals surface area contributed by atoms with Gasteiger partial charge in [-0.2, -0.15) is 0 Å². The van der Waals surface area contributed by atoms with E-state index in [9.17, 15) is 4.79 Å². The average Bonchev–Trinajstić information content (AvgIpc) is 2.35. The molecule has 19 heavy (non-hydrogen) atoms. The van der Waals surface area contributed by atoms with Gasteiger partial charge in [-0.15, -0.1) is 0 Å². The summed E-state index contributed by atoms with van der Waals surface area (Å²) in [5.74, 6) is 0.351. The van der Waals surface area contributed by atoms with Crippen LogP contribution in [0.3, 0.4) is 0 Å². The normalized spacial score (nSPS) is 18.7. The van der Waals surface area contributed by atoms with Crippen molar-refractivity contribution < 1.29 is 13.8 Å². The summed E-state index contributed by atoms with van der Waals surface area (Å²) in [5.41, 5.74) is 0.515. The van der Waals surface area contributed by atoms with Gasteiger partial charge >= 0.3 is 5.97 Å². The van der Waals surface area contributed by atoms with Gasteiger partial charge in [-0.05, 0) is 43.7 Å². The lowest BCUT2D eigenvalue weighted by atomic mass is 10.1. The van der Waals surface area contributed by atoms with E-state index in [1.165, 1.54) is 0 Å². The maximum atomic E-state index is 12.1. The fourth-order valence-corrected chi connectivity index (χ4v) is 3.12. The zero-order chi connectivity index (χ0) is 13.6. The van der Waals surface area contributed by atoms with Gasteiger partial charge in [0.2, 0.25) is 0 Å². The molecule has 3 nitrogen and oxygen atoms in total. The summed E-state index contributed by atoms with van der Waals surface area (Å²) in [5, 5.41) is 1.90. The monoisotopic (exact) mass is 274 g/mol. The number of fused-ring (bicyclic) bond motifs is 2. The van der Waals surface area contributed by atoms with Gasteiger partial charge in [-0.1, -0.05) is 24.3 Å². The summed E-state index contributed by atoms with van der Waals surface area (Å²) in [6.45, 7) is 6.04. The van der Waals surface area contributed by atoms with Gasteiger partial charge in [0.1, 0.15) is 11.3 Å². The van der Waals surface area contributed by atoms with Crippen LogP contribution in [0, 0.1) is 0 Å². The van der Waals surface area contributed by atoms with Gasteiger partial charge in [-0.25, -0.2) is 4.79 Å². The summed E-state index contributed by atoms with van der Waals surface area (Å²) in [6, 6.07) is 11.7. The van der Waals surface area contributed by atoms with Gasteiger partial charge in [0.05, 0.1) is 5.16 Å². The van der Waals surface area contributed by atoms with Crippen LogP contribution in [0.4, 0.5) is 0 Å². The van der Waals surface area contributed by atoms with E-state index in [-0.39, 0.29) is 11.1 Å². The van der Waals surface area contributed by atoms with Crippen molar-refractivity contribution in [3.63, 3.8) is 0 Å². The second-order valence-corrected chi connectivity index (χ2v) is 7.81. The topological polar surface area (TPSA) is 35.5 Å². The van der Waals surface area contributed by atoms with Crippen molar-refractivity contribution >= 4 is 25.1 Å². The summed E-state index contributed by atoms with van der Waals surface area (Å²) in [7, 11) is -1.24. The first-order chi connectivity index (χ1) is 8.95. The lowest BCUT2D eigenvalue weighted by molar-refractivity contribution is 0.0714. The maximum Gasteiger partial charge on any atom is 0.347 e. The van der Waals surface area contributed by atoms with Crippen molar-refractivity contribution in [2.24, 2.45) is 0 Å². The SMILES string of the molecule is CC(C)(C)P1OC(=O)c2cc3ccccc3cc2O1. The highest BCUT2D eigenvalue weighted by atomic mass is 31.2. The molecule has 0 N–H and O–H groups in total. The first-order valence-corrected chi connectivity index (χ1v) is 7.36. The van der Waals surface area contributed by atoms with Gasteiger partial charge < -0.3 is 9.05 Å². The van der Waals surface area contributed by atoms with Crippen LogP contribution in [0.15, 0.2) is 36.4 Å². The molecule has 0 aliphatic carbocycles. The molecule has 2 aromatic rings. The van der Waals surface area contributed by atoms with Crippen molar-refractivity contribution in [1.82, 2.24) is 0 Å². The van der Waals surface area contributed by atoms with E-state index in [2.05, 4.69) is 0 Å². The Morgan fingerprint density at radius 3 is 2.26 bits per heavy atom. The molecule has 0 radical (unpaired) electrons. The first kappa shape index (κ1) is 12.4. The molecule has 3 rings (SSSR count). The maximum absolute atomic E-state index is 12.1. The quantitative estimate of drug-likeness (QED) is 0.663. The molecular weight excluding hydrogens is 259 g/mol. The Morgan fingerprint density at radius 1 is 1.00 bits per heavy atom. The molecule has 1 unspecified atom stereocenters. The van der Waals surface area contributed by atoms with E-state index in [1.807, 2.05) is 57.2 Å².